The van der Waals surface area contributed by atoms with Gasteiger partial charge in [0.05, 0.1) is 6.54 Å². The van der Waals surface area contributed by atoms with Crippen molar-refractivity contribution in [1.82, 2.24) is 10.2 Å². The summed E-state index contributed by atoms with van der Waals surface area (Å²) in [4.78, 5) is 15.4. The molecule has 0 aromatic heterocycles. The van der Waals surface area contributed by atoms with E-state index in [4.69, 9.17) is 0 Å². The highest BCUT2D eigenvalue weighted by Crippen LogP contribution is 2.30. The van der Waals surface area contributed by atoms with Crippen molar-refractivity contribution in [3.8, 4) is 0 Å². The van der Waals surface area contributed by atoms with Crippen molar-refractivity contribution in [2.75, 3.05) is 24.3 Å². The van der Waals surface area contributed by atoms with Crippen LogP contribution in [0.2, 0.25) is 0 Å². The molecule has 1 atom stereocenters. The summed E-state index contributed by atoms with van der Waals surface area (Å²) in [7, 11) is -0.693. The van der Waals surface area contributed by atoms with Crippen molar-refractivity contribution in [1.29, 1.82) is 0 Å². The topological polar surface area (TPSA) is 49.4 Å². The summed E-state index contributed by atoms with van der Waals surface area (Å²) in [6.07, 6.45) is 3.71. The fourth-order valence-corrected chi connectivity index (χ4v) is 4.74. The Bertz CT molecular complexity index is 537. The first-order chi connectivity index (χ1) is 10.2. The van der Waals surface area contributed by atoms with E-state index >= 15 is 0 Å². The third kappa shape index (κ3) is 3.17. The van der Waals surface area contributed by atoms with E-state index in [-0.39, 0.29) is 18.1 Å². The zero-order valence-corrected chi connectivity index (χ0v) is 13.7. The van der Waals surface area contributed by atoms with Gasteiger partial charge in [0.15, 0.2) is 0 Å². The molecule has 0 spiro atoms. The summed E-state index contributed by atoms with van der Waals surface area (Å²) in [6, 6.07) is 8.60. The Hall–Kier alpha value is -0.850. The number of carbonyl (C=O) groups excluding carboxylic acids is 1. The van der Waals surface area contributed by atoms with Crippen LogP contribution in [-0.2, 0) is 15.6 Å². The van der Waals surface area contributed by atoms with Crippen LogP contribution in [0, 0.1) is 0 Å². The molecule has 3 rings (SSSR count). The molecule has 2 fully saturated rings. The minimum Gasteiger partial charge on any atom is -0.319 e. The summed E-state index contributed by atoms with van der Waals surface area (Å²) in [5.74, 6) is 1.59. The van der Waals surface area contributed by atoms with Crippen molar-refractivity contribution in [3.63, 3.8) is 0 Å². The number of hydrogen-bond donors (Lipinski definition) is 1. The molecule has 0 bridgehead atoms. The highest BCUT2D eigenvalue weighted by Gasteiger charge is 2.37. The highest BCUT2D eigenvalue weighted by atomic mass is 32.2. The standard InChI is InChI=1S/C15H20N2O2S2/c1-20-13-4-2-11(3-5-13)15-16-10-14(18)17(15)12-6-8-21(19)9-7-12/h2-5,12,15-16H,6-10H2,1H3. The third-order valence-corrected chi connectivity index (χ3v) is 6.32. The first-order valence-corrected chi connectivity index (χ1v) is 9.94. The number of nitrogens with one attached hydrogen (secondary N) is 1. The average molecular weight is 324 g/mol. The van der Waals surface area contributed by atoms with E-state index in [0.29, 0.717) is 18.1 Å². The zero-order chi connectivity index (χ0) is 14.8. The lowest BCUT2D eigenvalue weighted by atomic mass is 10.1. The van der Waals surface area contributed by atoms with Gasteiger partial charge in [-0.25, -0.2) is 0 Å². The molecule has 2 aliphatic heterocycles. The fraction of sp³-hybridized carbons (Fsp3) is 0.533. The molecular formula is C15H20N2O2S2. The number of nitrogens with zero attached hydrogens (tertiary/aromatic N) is 1. The van der Waals surface area contributed by atoms with Gasteiger partial charge in [-0.3, -0.25) is 14.3 Å². The maximum atomic E-state index is 12.2. The monoisotopic (exact) mass is 324 g/mol. The normalized spacial score (nSPS) is 29.9. The molecule has 0 radical (unpaired) electrons. The van der Waals surface area contributed by atoms with E-state index in [9.17, 15) is 9.00 Å². The lowest BCUT2D eigenvalue weighted by molar-refractivity contribution is -0.130. The number of benzene rings is 1. The highest BCUT2D eigenvalue weighted by molar-refractivity contribution is 7.98. The summed E-state index contributed by atoms with van der Waals surface area (Å²) in [5.41, 5.74) is 1.13. The first-order valence-electron chi connectivity index (χ1n) is 7.22. The van der Waals surface area contributed by atoms with E-state index in [1.807, 2.05) is 4.90 Å². The molecule has 2 saturated heterocycles. The number of carbonyl (C=O) groups is 1. The van der Waals surface area contributed by atoms with E-state index < -0.39 is 10.8 Å². The van der Waals surface area contributed by atoms with Crippen molar-refractivity contribution in [3.05, 3.63) is 29.8 Å². The number of amides is 1. The van der Waals surface area contributed by atoms with Crippen LogP contribution in [0.3, 0.4) is 0 Å². The third-order valence-electron chi connectivity index (χ3n) is 4.20. The molecule has 1 amide bonds. The van der Waals surface area contributed by atoms with Gasteiger partial charge in [-0.15, -0.1) is 11.8 Å². The molecule has 4 nitrogen and oxygen atoms in total. The largest absolute Gasteiger partial charge is 0.319 e. The molecule has 0 aliphatic carbocycles. The lowest BCUT2D eigenvalue weighted by Gasteiger charge is -2.35. The Morgan fingerprint density at radius 1 is 1.24 bits per heavy atom. The molecule has 1 unspecified atom stereocenters. The van der Waals surface area contributed by atoms with Gasteiger partial charge in [0.1, 0.15) is 6.17 Å². The number of thioether (sulfide) groups is 1. The van der Waals surface area contributed by atoms with Crippen LogP contribution in [-0.4, -0.2) is 45.4 Å². The Morgan fingerprint density at radius 2 is 1.90 bits per heavy atom. The molecule has 2 heterocycles. The maximum Gasteiger partial charge on any atom is 0.238 e. The SMILES string of the molecule is CSc1ccc(C2NCC(=O)N2C2CCS(=O)CC2)cc1. The van der Waals surface area contributed by atoms with Crippen LogP contribution < -0.4 is 5.32 Å². The fourth-order valence-electron chi connectivity index (χ4n) is 3.06. The molecule has 2 aliphatic rings. The van der Waals surface area contributed by atoms with Crippen molar-refractivity contribution < 1.29 is 9.00 Å². The van der Waals surface area contributed by atoms with Gasteiger partial charge in [0, 0.05) is 33.2 Å². The van der Waals surface area contributed by atoms with E-state index in [2.05, 4.69) is 35.8 Å². The second-order valence-electron chi connectivity index (χ2n) is 5.44. The lowest BCUT2D eigenvalue weighted by Crippen LogP contribution is -2.43. The Kier molecular flexibility index (Phi) is 4.66. The van der Waals surface area contributed by atoms with E-state index in [0.717, 1.165) is 18.4 Å². The van der Waals surface area contributed by atoms with Crippen LogP contribution in [0.1, 0.15) is 24.6 Å². The predicted molar refractivity (Wildman–Crippen MR) is 86.7 cm³/mol. The van der Waals surface area contributed by atoms with Gasteiger partial charge in [0.2, 0.25) is 5.91 Å². The van der Waals surface area contributed by atoms with Gasteiger partial charge in [-0.05, 0) is 36.8 Å². The van der Waals surface area contributed by atoms with Crippen molar-refractivity contribution in [2.45, 2.75) is 29.9 Å². The molecule has 0 saturated carbocycles. The van der Waals surface area contributed by atoms with Gasteiger partial charge < -0.3 is 4.90 Å². The minimum absolute atomic E-state index is 0.0371. The Labute approximate surface area is 132 Å². The van der Waals surface area contributed by atoms with Gasteiger partial charge >= 0.3 is 0 Å². The van der Waals surface area contributed by atoms with Gasteiger partial charge in [0.25, 0.3) is 0 Å². The van der Waals surface area contributed by atoms with Crippen LogP contribution in [0.15, 0.2) is 29.2 Å². The summed E-state index contributed by atoms with van der Waals surface area (Å²) in [6.45, 7) is 0.397. The molecular weight excluding hydrogens is 304 g/mol. The average Bonchev–Trinajstić information content (AvgIpc) is 2.90. The number of rotatable bonds is 3. The Morgan fingerprint density at radius 3 is 2.52 bits per heavy atom. The maximum absolute atomic E-state index is 12.2. The molecule has 21 heavy (non-hydrogen) atoms. The summed E-state index contributed by atoms with van der Waals surface area (Å²) in [5, 5.41) is 3.31. The predicted octanol–water partition coefficient (Wildman–Crippen LogP) is 1.75. The van der Waals surface area contributed by atoms with Gasteiger partial charge in [-0.1, -0.05) is 12.1 Å². The van der Waals surface area contributed by atoms with Crippen molar-refractivity contribution >= 4 is 28.5 Å². The second-order valence-corrected chi connectivity index (χ2v) is 8.01. The van der Waals surface area contributed by atoms with E-state index in [1.54, 1.807) is 11.8 Å². The van der Waals surface area contributed by atoms with Crippen LogP contribution in [0.5, 0.6) is 0 Å². The number of hydrogen-bond acceptors (Lipinski definition) is 4. The van der Waals surface area contributed by atoms with Gasteiger partial charge in [-0.2, -0.15) is 0 Å². The molecule has 114 valence electrons. The second kappa shape index (κ2) is 6.50. The quantitative estimate of drug-likeness (QED) is 0.861. The van der Waals surface area contributed by atoms with Crippen LogP contribution >= 0.6 is 11.8 Å². The first kappa shape index (κ1) is 15.1. The van der Waals surface area contributed by atoms with Crippen LogP contribution in [0.4, 0.5) is 0 Å². The molecule has 6 heteroatoms. The Balaban J connectivity index is 1.79. The molecule has 1 aromatic carbocycles. The van der Waals surface area contributed by atoms with E-state index in [1.165, 1.54) is 4.90 Å². The zero-order valence-electron chi connectivity index (χ0n) is 12.1. The molecule has 1 N–H and O–H groups in total. The van der Waals surface area contributed by atoms with Crippen molar-refractivity contribution in [2.24, 2.45) is 0 Å². The molecule has 1 aromatic rings. The summed E-state index contributed by atoms with van der Waals surface area (Å²) >= 11 is 1.71. The minimum atomic E-state index is -0.693. The smallest absolute Gasteiger partial charge is 0.238 e. The summed E-state index contributed by atoms with van der Waals surface area (Å²) < 4.78 is 11.5. The van der Waals surface area contributed by atoms with Crippen LogP contribution in [0.25, 0.3) is 0 Å².